The number of hydrogen-bond acceptors (Lipinski definition) is 3. The summed E-state index contributed by atoms with van der Waals surface area (Å²) in [7, 11) is -1.31. The third-order valence-corrected chi connectivity index (χ3v) is 6.67. The molecule has 0 bridgehead atoms. The van der Waals surface area contributed by atoms with Crippen molar-refractivity contribution in [3.05, 3.63) is 77.0 Å². The van der Waals surface area contributed by atoms with Crippen molar-refractivity contribution in [1.82, 2.24) is 5.32 Å². The summed E-state index contributed by atoms with van der Waals surface area (Å²) in [5, 5.41) is 3.37. The summed E-state index contributed by atoms with van der Waals surface area (Å²) in [6.07, 6.45) is 2.74. The van der Waals surface area contributed by atoms with Gasteiger partial charge in [-0.25, -0.2) is 0 Å². The summed E-state index contributed by atoms with van der Waals surface area (Å²) < 4.78 is 0. The lowest BCUT2D eigenvalue weighted by Crippen LogP contribution is -2.35. The molecule has 24 heavy (non-hydrogen) atoms. The molecule has 0 amide bonds. The van der Waals surface area contributed by atoms with Crippen LogP contribution in [0.3, 0.4) is 0 Å². The molecule has 0 heterocycles. The second kappa shape index (κ2) is 8.40. The van der Waals surface area contributed by atoms with Gasteiger partial charge in [0.2, 0.25) is 0 Å². The van der Waals surface area contributed by atoms with Crippen LogP contribution in [0.15, 0.2) is 60.3 Å². The molecule has 4 heteroatoms. The predicted octanol–water partition coefficient (Wildman–Crippen LogP) is 3.58. The van der Waals surface area contributed by atoms with Crippen molar-refractivity contribution in [3.8, 4) is 0 Å². The Bertz CT molecular complexity index is 668. The van der Waals surface area contributed by atoms with Gasteiger partial charge in [0.15, 0.2) is 0 Å². The Labute approximate surface area is 145 Å². The molecule has 0 saturated heterocycles. The number of likely N-dealkylation sites (N-methyl/N-ethyl adjacent to an activating group) is 1. The highest BCUT2D eigenvalue weighted by molar-refractivity contribution is 6.72. The summed E-state index contributed by atoms with van der Waals surface area (Å²) in [4.78, 5) is 20.1. The van der Waals surface area contributed by atoms with Gasteiger partial charge in [0.25, 0.3) is 0 Å². The highest BCUT2D eigenvalue weighted by Gasteiger charge is 2.29. The Kier molecular flexibility index (Phi) is 6.51. The molecule has 3 N–H and O–H groups in total. The highest BCUT2D eigenvalue weighted by Crippen LogP contribution is 2.21. The van der Waals surface area contributed by atoms with Crippen LogP contribution in [0.5, 0.6) is 0 Å². The van der Waals surface area contributed by atoms with Gasteiger partial charge >= 0.3 is 8.56 Å². The fourth-order valence-corrected chi connectivity index (χ4v) is 3.35. The zero-order valence-corrected chi connectivity index (χ0v) is 15.6. The molecular formula is C20H27NO2Si. The van der Waals surface area contributed by atoms with E-state index in [1.54, 1.807) is 5.70 Å². The molecule has 0 aliphatic heterocycles. The van der Waals surface area contributed by atoms with Crippen LogP contribution in [0.4, 0.5) is 0 Å². The van der Waals surface area contributed by atoms with Crippen LogP contribution in [0.1, 0.15) is 36.6 Å². The first kappa shape index (κ1) is 18.6. The Balaban J connectivity index is 2.17. The van der Waals surface area contributed by atoms with Gasteiger partial charge in [0.1, 0.15) is 0 Å². The lowest BCUT2D eigenvalue weighted by Gasteiger charge is -2.18. The molecule has 0 radical (unpaired) electrons. The minimum absolute atomic E-state index is 0.125. The van der Waals surface area contributed by atoms with Crippen LogP contribution in [0.25, 0.3) is 6.08 Å². The molecule has 128 valence electrons. The van der Waals surface area contributed by atoms with E-state index < -0.39 is 8.56 Å². The molecule has 2 aromatic rings. The van der Waals surface area contributed by atoms with Crippen LogP contribution in [0, 0.1) is 0 Å². The maximum absolute atomic E-state index is 10.1. The van der Waals surface area contributed by atoms with Crippen LogP contribution in [-0.2, 0) is 6.42 Å². The molecule has 1 atom stereocenters. The van der Waals surface area contributed by atoms with Gasteiger partial charge < -0.3 is 14.9 Å². The summed E-state index contributed by atoms with van der Waals surface area (Å²) in [5.74, 6) is 0. The first-order valence-electron chi connectivity index (χ1n) is 8.37. The quantitative estimate of drug-likeness (QED) is 0.675. The second-order valence-corrected chi connectivity index (χ2v) is 9.53. The number of benzene rings is 2. The van der Waals surface area contributed by atoms with Crippen molar-refractivity contribution in [2.75, 3.05) is 7.05 Å². The van der Waals surface area contributed by atoms with E-state index in [4.69, 9.17) is 0 Å². The van der Waals surface area contributed by atoms with E-state index in [2.05, 4.69) is 41.7 Å². The average Bonchev–Trinajstić information content (AvgIpc) is 2.59. The van der Waals surface area contributed by atoms with Gasteiger partial charge in [0.05, 0.1) is 0 Å². The Morgan fingerprint density at radius 3 is 2.38 bits per heavy atom. The van der Waals surface area contributed by atoms with E-state index in [1.807, 2.05) is 45.2 Å². The summed E-state index contributed by atoms with van der Waals surface area (Å²) in [6, 6.07) is 18.8. The maximum atomic E-state index is 10.1. The van der Waals surface area contributed by atoms with Crippen molar-refractivity contribution in [2.45, 2.75) is 31.9 Å². The standard InChI is InChI=1S/C20H27NO2Si/c1-16(2)24(22,23)13-12-18-10-7-11-19(14-18)20(21-3)15-17-8-5-4-6-9-17/h4-14,16,20-23H,15H2,1-3H3. The first-order chi connectivity index (χ1) is 11.4. The van der Waals surface area contributed by atoms with Gasteiger partial charge in [-0.3, -0.25) is 0 Å². The molecule has 0 saturated carbocycles. The van der Waals surface area contributed by atoms with Crippen molar-refractivity contribution in [3.63, 3.8) is 0 Å². The monoisotopic (exact) mass is 341 g/mol. The molecule has 2 rings (SSSR count). The van der Waals surface area contributed by atoms with Gasteiger partial charge in [-0.2, -0.15) is 0 Å². The topological polar surface area (TPSA) is 52.5 Å². The van der Waals surface area contributed by atoms with Crippen molar-refractivity contribution >= 4 is 14.6 Å². The molecule has 3 nitrogen and oxygen atoms in total. The van der Waals surface area contributed by atoms with Gasteiger partial charge in [-0.15, -0.1) is 0 Å². The summed E-state index contributed by atoms with van der Waals surface area (Å²) in [5.41, 5.74) is 4.93. The van der Waals surface area contributed by atoms with E-state index in [1.165, 1.54) is 11.1 Å². The fourth-order valence-electron chi connectivity index (χ4n) is 2.53. The summed E-state index contributed by atoms with van der Waals surface area (Å²) >= 11 is 0. The molecular weight excluding hydrogens is 314 g/mol. The van der Waals surface area contributed by atoms with Crippen molar-refractivity contribution < 1.29 is 9.59 Å². The molecule has 0 aromatic heterocycles. The number of nitrogens with one attached hydrogen (secondary N) is 1. The minimum atomic E-state index is -3.27. The highest BCUT2D eigenvalue weighted by atomic mass is 28.4. The van der Waals surface area contributed by atoms with Crippen LogP contribution in [-0.4, -0.2) is 25.2 Å². The lowest BCUT2D eigenvalue weighted by molar-refractivity contribution is 0.364. The lowest BCUT2D eigenvalue weighted by atomic mass is 9.97. The van der Waals surface area contributed by atoms with Gasteiger partial charge in [-0.1, -0.05) is 74.5 Å². The predicted molar refractivity (Wildman–Crippen MR) is 103 cm³/mol. The van der Waals surface area contributed by atoms with Crippen LogP contribution >= 0.6 is 0 Å². The molecule has 1 unspecified atom stereocenters. The van der Waals surface area contributed by atoms with Gasteiger partial charge in [-0.05, 0) is 35.9 Å². The smallest absolute Gasteiger partial charge is 0.362 e. The first-order valence-corrected chi connectivity index (χ1v) is 10.4. The molecule has 0 aliphatic carbocycles. The average molecular weight is 342 g/mol. The third kappa shape index (κ3) is 5.14. The number of hydrogen-bond donors (Lipinski definition) is 3. The van der Waals surface area contributed by atoms with Crippen LogP contribution < -0.4 is 5.32 Å². The number of rotatable bonds is 7. The van der Waals surface area contributed by atoms with Gasteiger partial charge in [0, 0.05) is 11.6 Å². The second-order valence-electron chi connectivity index (χ2n) is 6.47. The molecule has 0 spiro atoms. The maximum Gasteiger partial charge on any atom is 0.362 e. The molecule has 0 aliphatic rings. The summed E-state index contributed by atoms with van der Waals surface area (Å²) in [6.45, 7) is 3.67. The van der Waals surface area contributed by atoms with Crippen LogP contribution in [0.2, 0.25) is 5.54 Å². The Morgan fingerprint density at radius 1 is 1.04 bits per heavy atom. The van der Waals surface area contributed by atoms with Crippen molar-refractivity contribution in [2.24, 2.45) is 0 Å². The third-order valence-electron chi connectivity index (χ3n) is 4.31. The molecule has 2 aromatic carbocycles. The zero-order valence-electron chi connectivity index (χ0n) is 14.6. The fraction of sp³-hybridized carbons (Fsp3) is 0.300. The Morgan fingerprint density at radius 2 is 1.75 bits per heavy atom. The van der Waals surface area contributed by atoms with E-state index in [0.717, 1.165) is 12.0 Å². The SMILES string of the molecule is CNC(Cc1ccccc1)c1cccc(C=C[Si](O)(O)C(C)C)c1. The zero-order chi connectivity index (χ0) is 17.6. The van der Waals surface area contributed by atoms with E-state index in [0.29, 0.717) is 0 Å². The van der Waals surface area contributed by atoms with Crippen molar-refractivity contribution in [1.29, 1.82) is 0 Å². The van der Waals surface area contributed by atoms with E-state index >= 15 is 0 Å². The minimum Gasteiger partial charge on any atom is -0.408 e. The van der Waals surface area contributed by atoms with E-state index in [9.17, 15) is 9.59 Å². The Hall–Kier alpha value is -1.72. The largest absolute Gasteiger partial charge is 0.408 e. The normalized spacial score (nSPS) is 13.6. The molecule has 0 fully saturated rings. The van der Waals surface area contributed by atoms with E-state index in [-0.39, 0.29) is 11.6 Å².